The van der Waals surface area contributed by atoms with Crippen LogP contribution < -0.4 is 0 Å². The largest absolute Gasteiger partial charge is 3.00 e. The van der Waals surface area contributed by atoms with Gasteiger partial charge >= 0.3 is 20.1 Å². The molecule has 6 heteroatoms. The predicted molar refractivity (Wildman–Crippen MR) is 249 cm³/mol. The first kappa shape index (κ1) is 28.2. The maximum absolute atomic E-state index is 9.78. The van der Waals surface area contributed by atoms with Gasteiger partial charge in [0.25, 0.3) is 0 Å². The van der Waals surface area contributed by atoms with Crippen LogP contribution in [0.25, 0.3) is 55.7 Å². The van der Waals surface area contributed by atoms with Gasteiger partial charge in [0.2, 0.25) is 0 Å². The molecule has 0 N–H and O–H groups in total. The Kier molecular flexibility index (Phi) is 8.63. The van der Waals surface area contributed by atoms with Gasteiger partial charge in [-0.3, -0.25) is 0 Å². The molecule has 0 amide bonds. The summed E-state index contributed by atoms with van der Waals surface area (Å²) in [5, 5.41) is 10.6. The van der Waals surface area contributed by atoms with E-state index in [1.807, 2.05) is 6.07 Å². The number of pyridine rings is 3. The van der Waals surface area contributed by atoms with Crippen LogP contribution in [0.2, 0.25) is 0 Å². The summed E-state index contributed by atoms with van der Waals surface area (Å²) >= 11 is 0. The quantitative estimate of drug-likeness (QED) is 0.108. The van der Waals surface area contributed by atoms with E-state index in [1.54, 1.807) is 87.5 Å². The minimum absolute atomic E-state index is 0. The van der Waals surface area contributed by atoms with Gasteiger partial charge in [0.05, 0.1) is 18.6 Å². The van der Waals surface area contributed by atoms with Gasteiger partial charge in [0.15, 0.2) is 0 Å². The van der Waals surface area contributed by atoms with Gasteiger partial charge in [0, 0.05) is 43.2 Å². The van der Waals surface area contributed by atoms with Crippen molar-refractivity contribution >= 4 is 21.9 Å². The maximum Gasteiger partial charge on any atom is 3.00 e. The zero-order valence-electron chi connectivity index (χ0n) is 49.3. The van der Waals surface area contributed by atoms with E-state index >= 15 is 0 Å². The van der Waals surface area contributed by atoms with Crippen LogP contribution in [0.1, 0.15) is 85.8 Å². The molecule has 63 heavy (non-hydrogen) atoms. The second-order valence-corrected chi connectivity index (χ2v) is 15.4. The number of rotatable bonds is 13. The fraction of sp³-hybridized carbons (Fsp3) is 0.193. The molecule has 9 aromatic rings. The minimum atomic E-state index is -3.38. The molecule has 4 heterocycles. The summed E-state index contributed by atoms with van der Waals surface area (Å²) in [4.78, 5) is 13.3. The SMILES string of the molecule is [2H]c1c(C#N)ccc2c1oc1c(-c3cc(C([2H])([2H])C(C)(C)C)c(C([2H])([2H])C([2H])([2H])c4cc(C([2H])([2H])C([2H])([2H])c5ccc(-c6[c-]cccc6)nc5)cc(C([2H])([2H])C([2H])([2H])c5ccc(-c6[c-]cccc6)nc5)c4)cn3)[c-]ccc12.[Ir+3]. The molecule has 4 aromatic heterocycles. The number of nitriles is 1. The summed E-state index contributed by atoms with van der Waals surface area (Å²) in [6, 6.07) is 40.7. The summed E-state index contributed by atoms with van der Waals surface area (Å²) in [5.74, 6) is 0. The number of hydrogen-bond acceptors (Lipinski definition) is 5. The molecule has 0 aliphatic rings. The zero-order valence-corrected chi connectivity index (χ0v) is 36.7. The van der Waals surface area contributed by atoms with E-state index in [9.17, 15) is 24.5 Å². The monoisotopic (exact) mass is 1010 g/mol. The Hall–Kier alpha value is -6.51. The van der Waals surface area contributed by atoms with E-state index < -0.39 is 72.3 Å². The normalized spacial score (nSPS) is 16.5. The molecular formula is C57H47IrN4O. The van der Waals surface area contributed by atoms with Crippen LogP contribution >= 0.6 is 0 Å². The van der Waals surface area contributed by atoms with Gasteiger partial charge in [0.1, 0.15) is 5.58 Å². The number of furan rings is 1. The molecule has 0 spiro atoms. The molecule has 0 bridgehead atoms. The maximum atomic E-state index is 9.78. The third kappa shape index (κ3) is 10.4. The van der Waals surface area contributed by atoms with Crippen molar-refractivity contribution in [2.75, 3.05) is 0 Å². The molecule has 5 aromatic carbocycles. The van der Waals surface area contributed by atoms with Crippen molar-refractivity contribution in [3.63, 3.8) is 0 Å². The summed E-state index contributed by atoms with van der Waals surface area (Å²) in [7, 11) is 0. The van der Waals surface area contributed by atoms with Crippen LogP contribution in [0.15, 0.2) is 150 Å². The second kappa shape index (κ2) is 19.3. The number of benzene rings is 5. The van der Waals surface area contributed by atoms with E-state index in [0.29, 0.717) is 33.3 Å². The Morgan fingerprint density at radius 1 is 0.603 bits per heavy atom. The van der Waals surface area contributed by atoms with Crippen molar-refractivity contribution in [2.45, 2.75) is 65.4 Å². The molecule has 310 valence electrons. The van der Waals surface area contributed by atoms with E-state index in [-0.39, 0.29) is 70.8 Å². The summed E-state index contributed by atoms with van der Waals surface area (Å²) in [5.41, 5.74) is -2.23. The Balaban J connectivity index is 0.00000803. The molecule has 0 aliphatic heterocycles. The molecule has 0 aliphatic carbocycles. The Morgan fingerprint density at radius 2 is 1.19 bits per heavy atom. The van der Waals surface area contributed by atoms with Gasteiger partial charge in [-0.1, -0.05) is 86.3 Å². The van der Waals surface area contributed by atoms with Crippen LogP contribution in [-0.4, -0.2) is 15.0 Å². The fourth-order valence-electron chi connectivity index (χ4n) is 6.76. The van der Waals surface area contributed by atoms with Crippen LogP contribution in [0, 0.1) is 34.9 Å². The first-order chi connectivity index (χ1) is 36.0. The molecule has 9 rings (SSSR count). The van der Waals surface area contributed by atoms with E-state index in [0.717, 1.165) is 36.8 Å². The molecule has 0 atom stereocenters. The van der Waals surface area contributed by atoms with E-state index in [4.69, 9.17) is 5.79 Å². The molecule has 0 saturated carbocycles. The number of nitrogens with zero attached hydrogens (tertiary/aromatic N) is 4. The van der Waals surface area contributed by atoms with Gasteiger partial charge < -0.3 is 19.4 Å². The van der Waals surface area contributed by atoms with Crippen molar-refractivity contribution in [3.8, 4) is 39.8 Å². The molecule has 0 saturated heterocycles. The van der Waals surface area contributed by atoms with Crippen molar-refractivity contribution in [3.05, 3.63) is 209 Å². The molecule has 0 unspecified atom stereocenters. The van der Waals surface area contributed by atoms with Crippen LogP contribution in [-0.2, 0) is 64.7 Å². The second-order valence-electron chi connectivity index (χ2n) is 15.4. The van der Waals surface area contributed by atoms with Crippen molar-refractivity contribution < 1.29 is 45.1 Å². The molecule has 0 fully saturated rings. The first-order valence-electron chi connectivity index (χ1n) is 27.3. The predicted octanol–water partition coefficient (Wildman–Crippen LogP) is 13.0. The van der Waals surface area contributed by atoms with Gasteiger partial charge in [-0.15, -0.1) is 90.0 Å². The average Bonchev–Trinajstić information content (AvgIpc) is 3.84. The van der Waals surface area contributed by atoms with E-state index in [2.05, 4.69) is 33.2 Å². The first-order valence-corrected chi connectivity index (χ1v) is 19.8. The summed E-state index contributed by atoms with van der Waals surface area (Å²) < 4.78 is 148. The van der Waals surface area contributed by atoms with Gasteiger partial charge in [-0.25, -0.2) is 0 Å². The van der Waals surface area contributed by atoms with Gasteiger partial charge in [-0.05, 0) is 118 Å². The molecule has 5 nitrogen and oxygen atoms in total. The summed E-state index contributed by atoms with van der Waals surface area (Å²) in [6.45, 7) is 4.72. The Morgan fingerprint density at radius 3 is 1.73 bits per heavy atom. The third-order valence-electron chi connectivity index (χ3n) is 9.62. The third-order valence-corrected chi connectivity index (χ3v) is 9.62. The van der Waals surface area contributed by atoms with E-state index in [1.165, 1.54) is 36.4 Å². The van der Waals surface area contributed by atoms with Crippen LogP contribution in [0.5, 0.6) is 0 Å². The zero-order chi connectivity index (χ0) is 55.9. The number of fused-ring (bicyclic) bond motifs is 3. The number of aryl methyl sites for hydroxylation is 6. The fourth-order valence-corrected chi connectivity index (χ4v) is 6.76. The number of aromatic nitrogens is 3. The van der Waals surface area contributed by atoms with Crippen LogP contribution in [0.4, 0.5) is 0 Å². The summed E-state index contributed by atoms with van der Waals surface area (Å²) in [6.07, 6.45) is -18.3. The van der Waals surface area contributed by atoms with Crippen molar-refractivity contribution in [1.29, 1.82) is 5.26 Å². The van der Waals surface area contributed by atoms with Gasteiger partial charge in [-0.2, -0.15) is 5.26 Å². The molecular weight excluding hydrogens is 949 g/mol. The topological polar surface area (TPSA) is 75.6 Å². The van der Waals surface area contributed by atoms with Crippen LogP contribution in [0.3, 0.4) is 0 Å². The van der Waals surface area contributed by atoms with Crippen molar-refractivity contribution in [1.82, 2.24) is 15.0 Å². The Labute approximate surface area is 405 Å². The standard InChI is InChI=1S/C57H47N4O.Ir/c1-57(2,3)34-48-33-54(51-16-10-15-50-49-26-22-44(35-58)32-55(49)62-56(50)51)61-38-47(48)25-21-43-30-41(19-17-39-23-27-52(59-36-39)45-11-6-4-7-12-45)29-42(31-43)20-18-40-24-28-53(60-37-40)46-13-8-5-9-14-46;/h4-11,13,15,22-24,26-33,36-38H,17-21,25,34H2,1-3H3;/q-3;+3/i17D2,18D2,19D2,20D2,21D2,25D2,32D,34D2;. The number of hydrogen-bond donors (Lipinski definition) is 0. The minimum Gasteiger partial charge on any atom is -0.501 e. The average molecular weight is 1010 g/mol. The van der Waals surface area contributed by atoms with Crippen molar-refractivity contribution in [2.24, 2.45) is 5.41 Å². The Bertz CT molecular complexity index is 3620. The smallest absolute Gasteiger partial charge is 0.501 e. The molecule has 0 radical (unpaired) electrons.